The average Bonchev–Trinajstić information content (AvgIpc) is 3.04. The SMILES string of the molecule is CCN(CC)CC(C)n1c(-c2cccs2)n[nH]c1=S. The fraction of sp³-hybridized carbons (Fsp3) is 0.538. The lowest BCUT2D eigenvalue weighted by molar-refractivity contribution is 0.261. The molecule has 1 atom stereocenters. The van der Waals surface area contributed by atoms with Gasteiger partial charge in [-0.1, -0.05) is 19.9 Å². The van der Waals surface area contributed by atoms with Gasteiger partial charge in [0.1, 0.15) is 0 Å². The molecule has 0 bridgehead atoms. The molecule has 6 heteroatoms. The normalized spacial score (nSPS) is 13.1. The van der Waals surface area contributed by atoms with Crippen molar-refractivity contribution in [3.05, 3.63) is 22.3 Å². The van der Waals surface area contributed by atoms with Gasteiger partial charge in [-0.25, -0.2) is 0 Å². The fourth-order valence-corrected chi connectivity index (χ4v) is 3.25. The highest BCUT2D eigenvalue weighted by Gasteiger charge is 2.16. The number of likely N-dealkylation sites (N-methyl/N-ethyl adjacent to an activating group) is 1. The van der Waals surface area contributed by atoms with Gasteiger partial charge >= 0.3 is 0 Å². The largest absolute Gasteiger partial charge is 0.302 e. The summed E-state index contributed by atoms with van der Waals surface area (Å²) in [5.41, 5.74) is 0. The molecule has 104 valence electrons. The Balaban J connectivity index is 2.29. The number of H-pyrrole nitrogens is 1. The van der Waals surface area contributed by atoms with Crippen LogP contribution < -0.4 is 0 Å². The molecule has 1 unspecified atom stereocenters. The van der Waals surface area contributed by atoms with Gasteiger partial charge in [-0.05, 0) is 43.7 Å². The molecule has 0 aromatic carbocycles. The third-order valence-corrected chi connectivity index (χ3v) is 4.46. The molecule has 4 nitrogen and oxygen atoms in total. The maximum absolute atomic E-state index is 5.38. The van der Waals surface area contributed by atoms with E-state index in [1.165, 1.54) is 0 Å². The van der Waals surface area contributed by atoms with Gasteiger partial charge in [-0.3, -0.25) is 9.67 Å². The van der Waals surface area contributed by atoms with Gasteiger partial charge in [-0.2, -0.15) is 5.10 Å². The van der Waals surface area contributed by atoms with Crippen molar-refractivity contribution in [1.82, 2.24) is 19.7 Å². The molecule has 1 N–H and O–H groups in total. The van der Waals surface area contributed by atoms with Crippen LogP contribution in [0.5, 0.6) is 0 Å². The molecule has 0 saturated carbocycles. The van der Waals surface area contributed by atoms with Crippen LogP contribution in [0, 0.1) is 4.77 Å². The highest BCUT2D eigenvalue weighted by molar-refractivity contribution is 7.71. The lowest BCUT2D eigenvalue weighted by Gasteiger charge is -2.24. The van der Waals surface area contributed by atoms with Gasteiger partial charge in [0.15, 0.2) is 10.6 Å². The van der Waals surface area contributed by atoms with Crippen LogP contribution in [-0.2, 0) is 0 Å². The summed E-state index contributed by atoms with van der Waals surface area (Å²) < 4.78 is 2.82. The smallest absolute Gasteiger partial charge is 0.195 e. The summed E-state index contributed by atoms with van der Waals surface area (Å²) in [5.74, 6) is 0.944. The number of aromatic nitrogens is 3. The van der Waals surface area contributed by atoms with Crippen molar-refractivity contribution in [3.63, 3.8) is 0 Å². The Hall–Kier alpha value is -0.980. The van der Waals surface area contributed by atoms with E-state index >= 15 is 0 Å². The van der Waals surface area contributed by atoms with Crippen molar-refractivity contribution in [2.24, 2.45) is 0 Å². The van der Waals surface area contributed by atoms with E-state index in [9.17, 15) is 0 Å². The Morgan fingerprint density at radius 1 is 1.47 bits per heavy atom. The van der Waals surface area contributed by atoms with E-state index in [4.69, 9.17) is 12.2 Å². The highest BCUT2D eigenvalue weighted by Crippen LogP contribution is 2.25. The second kappa shape index (κ2) is 6.45. The molecule has 19 heavy (non-hydrogen) atoms. The first kappa shape index (κ1) is 14.4. The van der Waals surface area contributed by atoms with Crippen LogP contribution in [0.4, 0.5) is 0 Å². The predicted molar refractivity (Wildman–Crippen MR) is 83.2 cm³/mol. The molecule has 2 aromatic heterocycles. The van der Waals surface area contributed by atoms with Crippen LogP contribution in [0.25, 0.3) is 10.7 Å². The van der Waals surface area contributed by atoms with Crippen LogP contribution in [-0.4, -0.2) is 39.3 Å². The van der Waals surface area contributed by atoms with E-state index in [1.54, 1.807) is 11.3 Å². The summed E-state index contributed by atoms with van der Waals surface area (Å²) >= 11 is 7.07. The van der Waals surface area contributed by atoms with Crippen molar-refractivity contribution in [1.29, 1.82) is 0 Å². The van der Waals surface area contributed by atoms with Gasteiger partial charge in [0.05, 0.1) is 4.88 Å². The number of nitrogens with one attached hydrogen (secondary N) is 1. The summed E-state index contributed by atoms with van der Waals surface area (Å²) in [4.78, 5) is 3.55. The third-order valence-electron chi connectivity index (χ3n) is 3.30. The van der Waals surface area contributed by atoms with E-state index in [0.29, 0.717) is 10.8 Å². The lowest BCUT2D eigenvalue weighted by atomic mass is 10.3. The van der Waals surface area contributed by atoms with E-state index in [2.05, 4.69) is 51.9 Å². The molecule has 2 aromatic rings. The summed E-state index contributed by atoms with van der Waals surface area (Å²) in [6, 6.07) is 4.43. The Morgan fingerprint density at radius 2 is 2.21 bits per heavy atom. The van der Waals surface area contributed by atoms with Crippen LogP contribution in [0.1, 0.15) is 26.8 Å². The van der Waals surface area contributed by atoms with Crippen molar-refractivity contribution in [2.45, 2.75) is 26.8 Å². The molecule has 0 aliphatic carbocycles. The highest BCUT2D eigenvalue weighted by atomic mass is 32.1. The first-order valence-electron chi connectivity index (χ1n) is 6.60. The maximum Gasteiger partial charge on any atom is 0.195 e. The van der Waals surface area contributed by atoms with Crippen LogP contribution in [0.15, 0.2) is 17.5 Å². The van der Waals surface area contributed by atoms with E-state index in [0.717, 1.165) is 30.3 Å². The first-order chi connectivity index (χ1) is 9.17. The Morgan fingerprint density at radius 3 is 2.79 bits per heavy atom. The quantitative estimate of drug-likeness (QED) is 0.828. The molecular weight excluding hydrogens is 276 g/mol. The van der Waals surface area contributed by atoms with Gasteiger partial charge in [0, 0.05) is 12.6 Å². The molecule has 0 spiro atoms. The van der Waals surface area contributed by atoms with Gasteiger partial charge in [-0.15, -0.1) is 11.3 Å². The lowest BCUT2D eigenvalue weighted by Crippen LogP contribution is -2.29. The minimum absolute atomic E-state index is 0.309. The van der Waals surface area contributed by atoms with Gasteiger partial charge in [0.25, 0.3) is 0 Å². The maximum atomic E-state index is 5.38. The summed E-state index contributed by atoms with van der Waals surface area (Å²) in [5, 5.41) is 9.36. The molecular formula is C13H20N4S2. The molecule has 0 amide bonds. The van der Waals surface area contributed by atoms with Gasteiger partial charge < -0.3 is 4.90 Å². The Kier molecular flexibility index (Phi) is 4.90. The first-order valence-corrected chi connectivity index (χ1v) is 7.89. The van der Waals surface area contributed by atoms with E-state index < -0.39 is 0 Å². The predicted octanol–water partition coefficient (Wildman–Crippen LogP) is 3.57. The van der Waals surface area contributed by atoms with E-state index in [1.807, 2.05) is 6.07 Å². The van der Waals surface area contributed by atoms with Crippen molar-refractivity contribution < 1.29 is 0 Å². The van der Waals surface area contributed by atoms with Gasteiger partial charge in [0.2, 0.25) is 0 Å². The van der Waals surface area contributed by atoms with Crippen LogP contribution in [0.2, 0.25) is 0 Å². The standard InChI is InChI=1S/C13H20N4S2/c1-4-16(5-2)9-10(3)17-12(14-15-13(17)18)11-7-6-8-19-11/h6-8,10H,4-5,9H2,1-3H3,(H,15,18). The fourth-order valence-electron chi connectivity index (χ4n) is 2.23. The Bertz CT molecular complexity index is 551. The van der Waals surface area contributed by atoms with Crippen molar-refractivity contribution in [3.8, 4) is 10.7 Å². The monoisotopic (exact) mass is 296 g/mol. The summed E-state index contributed by atoms with van der Waals surface area (Å²) in [6.45, 7) is 9.66. The van der Waals surface area contributed by atoms with Crippen LogP contribution >= 0.6 is 23.6 Å². The summed E-state index contributed by atoms with van der Waals surface area (Å²) in [7, 11) is 0. The molecule has 0 fully saturated rings. The van der Waals surface area contributed by atoms with Crippen LogP contribution in [0.3, 0.4) is 0 Å². The molecule has 0 aliphatic heterocycles. The molecule has 2 rings (SSSR count). The number of rotatable bonds is 6. The zero-order valence-electron chi connectivity index (χ0n) is 11.6. The number of nitrogens with zero attached hydrogens (tertiary/aromatic N) is 3. The average molecular weight is 296 g/mol. The van der Waals surface area contributed by atoms with Crippen molar-refractivity contribution in [2.75, 3.05) is 19.6 Å². The molecule has 0 radical (unpaired) electrons. The third kappa shape index (κ3) is 3.13. The Labute approximate surface area is 123 Å². The minimum Gasteiger partial charge on any atom is -0.302 e. The topological polar surface area (TPSA) is 36.9 Å². The number of hydrogen-bond acceptors (Lipinski definition) is 4. The number of hydrogen-bond donors (Lipinski definition) is 1. The molecule has 0 saturated heterocycles. The zero-order valence-corrected chi connectivity index (χ0v) is 13.2. The molecule has 0 aliphatic rings. The second-order valence-electron chi connectivity index (χ2n) is 4.53. The number of aromatic amines is 1. The number of thiophene rings is 1. The summed E-state index contributed by atoms with van der Waals surface area (Å²) in [6.07, 6.45) is 0. The zero-order chi connectivity index (χ0) is 13.8. The minimum atomic E-state index is 0.309. The molecule has 2 heterocycles. The second-order valence-corrected chi connectivity index (χ2v) is 5.87. The van der Waals surface area contributed by atoms with E-state index in [-0.39, 0.29) is 0 Å². The van der Waals surface area contributed by atoms with Crippen molar-refractivity contribution >= 4 is 23.6 Å².